The fourth-order valence-corrected chi connectivity index (χ4v) is 4.43. The average molecular weight is 458 g/mol. The van der Waals surface area contributed by atoms with Gasteiger partial charge in [0.05, 0.1) is 6.54 Å². The van der Waals surface area contributed by atoms with Crippen molar-refractivity contribution in [3.63, 3.8) is 0 Å². The first-order valence-electron chi connectivity index (χ1n) is 11.0. The Balaban J connectivity index is 1.47. The molecule has 2 aromatic rings. The van der Waals surface area contributed by atoms with Gasteiger partial charge in [-0.2, -0.15) is 5.10 Å². The van der Waals surface area contributed by atoms with Crippen molar-refractivity contribution < 1.29 is 14.4 Å². The molecule has 3 amide bonds. The fraction of sp³-hybridized carbons (Fsp3) is 0.478. The third kappa shape index (κ3) is 4.37. The van der Waals surface area contributed by atoms with Gasteiger partial charge in [-0.1, -0.05) is 43.0 Å². The predicted molar refractivity (Wildman–Crippen MR) is 120 cm³/mol. The summed E-state index contributed by atoms with van der Waals surface area (Å²) in [5.74, 6) is -0.900. The third-order valence-electron chi connectivity index (χ3n) is 6.53. The Bertz CT molecular complexity index is 1030. The minimum Gasteiger partial charge on any atom is -0.351 e. The van der Waals surface area contributed by atoms with E-state index in [4.69, 9.17) is 11.6 Å². The molecule has 2 aliphatic rings. The molecule has 1 aliphatic heterocycles. The largest absolute Gasteiger partial charge is 0.351 e. The van der Waals surface area contributed by atoms with Gasteiger partial charge in [0, 0.05) is 30.7 Å². The number of aromatic nitrogens is 2. The van der Waals surface area contributed by atoms with Crippen molar-refractivity contribution in [1.29, 1.82) is 0 Å². The maximum Gasteiger partial charge on any atom is 0.272 e. The summed E-state index contributed by atoms with van der Waals surface area (Å²) in [7, 11) is 1.62. The number of carbonyl (C=O) groups is 3. The van der Waals surface area contributed by atoms with Crippen LogP contribution in [-0.4, -0.2) is 51.0 Å². The molecule has 170 valence electrons. The van der Waals surface area contributed by atoms with Gasteiger partial charge < -0.3 is 15.5 Å². The summed E-state index contributed by atoms with van der Waals surface area (Å²) in [4.78, 5) is 40.2. The molecule has 1 aliphatic carbocycles. The van der Waals surface area contributed by atoms with E-state index in [1.165, 1.54) is 22.1 Å². The van der Waals surface area contributed by atoms with Crippen LogP contribution in [0.15, 0.2) is 30.3 Å². The van der Waals surface area contributed by atoms with Gasteiger partial charge in [0.15, 0.2) is 5.69 Å². The molecule has 1 saturated carbocycles. The lowest BCUT2D eigenvalue weighted by atomic mass is 9.92. The van der Waals surface area contributed by atoms with Gasteiger partial charge in [-0.15, -0.1) is 0 Å². The second kappa shape index (κ2) is 8.94. The van der Waals surface area contributed by atoms with E-state index in [0.29, 0.717) is 17.3 Å². The number of amides is 3. The molecule has 1 atom stereocenters. The first-order chi connectivity index (χ1) is 15.3. The number of rotatable bonds is 5. The summed E-state index contributed by atoms with van der Waals surface area (Å²) in [6.07, 6.45) is 5.33. The van der Waals surface area contributed by atoms with Crippen LogP contribution in [0.25, 0.3) is 0 Å². The van der Waals surface area contributed by atoms with E-state index in [2.05, 4.69) is 15.7 Å². The molecule has 9 heteroatoms. The van der Waals surface area contributed by atoms with E-state index < -0.39 is 5.54 Å². The van der Waals surface area contributed by atoms with Crippen molar-refractivity contribution in [3.05, 3.63) is 52.3 Å². The summed E-state index contributed by atoms with van der Waals surface area (Å²) in [6.45, 7) is 2.25. The molecule has 0 radical (unpaired) electrons. The fourth-order valence-electron chi connectivity index (χ4n) is 4.30. The lowest BCUT2D eigenvalue weighted by molar-refractivity contribution is -0.133. The number of fused-ring (bicyclic) bond motifs is 1. The maximum absolute atomic E-state index is 13.1. The number of nitrogens with zero attached hydrogens (tertiary/aromatic N) is 3. The second-order valence-electron chi connectivity index (χ2n) is 8.83. The predicted octanol–water partition coefficient (Wildman–Crippen LogP) is 2.76. The minimum atomic E-state index is -1.08. The Morgan fingerprint density at radius 3 is 2.56 bits per heavy atom. The van der Waals surface area contributed by atoms with Gasteiger partial charge in [-0.3, -0.25) is 19.1 Å². The summed E-state index contributed by atoms with van der Waals surface area (Å²) in [5.41, 5.74) is 0.263. The van der Waals surface area contributed by atoms with E-state index in [9.17, 15) is 14.4 Å². The molecule has 2 N–H and O–H groups in total. The Hall–Kier alpha value is -2.87. The quantitative estimate of drug-likeness (QED) is 0.721. The molecule has 1 unspecified atom stereocenters. The van der Waals surface area contributed by atoms with Crippen molar-refractivity contribution in [2.45, 2.75) is 63.7 Å². The van der Waals surface area contributed by atoms with Crippen LogP contribution >= 0.6 is 11.6 Å². The number of halogens is 1. The zero-order valence-corrected chi connectivity index (χ0v) is 19.1. The van der Waals surface area contributed by atoms with Gasteiger partial charge in [0.2, 0.25) is 5.91 Å². The molecule has 0 spiro atoms. The summed E-state index contributed by atoms with van der Waals surface area (Å²) >= 11 is 5.89. The van der Waals surface area contributed by atoms with Crippen LogP contribution in [0.3, 0.4) is 0 Å². The van der Waals surface area contributed by atoms with Crippen LogP contribution in [0, 0.1) is 0 Å². The van der Waals surface area contributed by atoms with E-state index in [1.54, 1.807) is 26.1 Å². The van der Waals surface area contributed by atoms with Gasteiger partial charge in [-0.25, -0.2) is 0 Å². The van der Waals surface area contributed by atoms with Crippen LogP contribution in [0.4, 0.5) is 0 Å². The molecular weight excluding hydrogens is 430 g/mol. The van der Waals surface area contributed by atoms with Crippen LogP contribution in [-0.2, 0) is 17.9 Å². The highest BCUT2D eigenvalue weighted by Gasteiger charge is 2.46. The SMILES string of the molecule is CN1C(=O)c2cc(C(=O)NCc3ccc(Cl)cc3)nn2CC1(C)C(=O)NC1CCCCC1. The van der Waals surface area contributed by atoms with Crippen molar-refractivity contribution in [1.82, 2.24) is 25.3 Å². The monoisotopic (exact) mass is 457 g/mol. The Labute approximate surface area is 192 Å². The molecule has 0 saturated heterocycles. The van der Waals surface area contributed by atoms with Gasteiger partial charge in [-0.05, 0) is 37.5 Å². The Morgan fingerprint density at radius 1 is 1.19 bits per heavy atom. The highest BCUT2D eigenvalue weighted by Crippen LogP contribution is 2.27. The van der Waals surface area contributed by atoms with Crippen molar-refractivity contribution in [3.8, 4) is 0 Å². The average Bonchev–Trinajstić information content (AvgIpc) is 3.21. The second-order valence-corrected chi connectivity index (χ2v) is 9.26. The molecule has 32 heavy (non-hydrogen) atoms. The Kier molecular flexibility index (Phi) is 6.24. The maximum atomic E-state index is 13.1. The zero-order valence-electron chi connectivity index (χ0n) is 18.4. The molecule has 1 aromatic heterocycles. The number of hydrogen-bond acceptors (Lipinski definition) is 4. The molecule has 0 bridgehead atoms. The van der Waals surface area contributed by atoms with E-state index in [0.717, 1.165) is 31.2 Å². The molecule has 4 rings (SSSR count). The summed E-state index contributed by atoms with van der Waals surface area (Å²) in [6, 6.07) is 8.79. The summed E-state index contributed by atoms with van der Waals surface area (Å²) < 4.78 is 1.47. The standard InChI is InChI=1S/C23H28ClN5O3/c1-23(22(32)26-17-6-4-3-5-7-17)14-29-19(21(31)28(23)2)12-18(27-29)20(30)25-13-15-8-10-16(24)11-9-15/h8-12,17H,3-7,13-14H2,1-2H3,(H,25,30)(H,26,32). The number of hydrogen-bond donors (Lipinski definition) is 2. The zero-order chi connectivity index (χ0) is 22.9. The smallest absolute Gasteiger partial charge is 0.272 e. The van der Waals surface area contributed by atoms with Crippen LogP contribution in [0.1, 0.15) is 65.6 Å². The van der Waals surface area contributed by atoms with Gasteiger partial charge >= 0.3 is 0 Å². The molecular formula is C23H28ClN5O3. The van der Waals surface area contributed by atoms with Crippen molar-refractivity contribution in [2.24, 2.45) is 0 Å². The molecule has 2 heterocycles. The number of likely N-dealkylation sites (N-methyl/N-ethyl adjacent to an activating group) is 1. The molecule has 1 aromatic carbocycles. The minimum absolute atomic E-state index is 0.143. The van der Waals surface area contributed by atoms with E-state index in [-0.39, 0.29) is 36.0 Å². The lowest BCUT2D eigenvalue weighted by Gasteiger charge is -2.41. The summed E-state index contributed by atoms with van der Waals surface area (Å²) in [5, 5.41) is 10.9. The van der Waals surface area contributed by atoms with Crippen LogP contribution in [0.2, 0.25) is 5.02 Å². The molecule has 8 nitrogen and oxygen atoms in total. The Morgan fingerprint density at radius 2 is 1.88 bits per heavy atom. The van der Waals surface area contributed by atoms with Gasteiger partial charge in [0.1, 0.15) is 11.2 Å². The van der Waals surface area contributed by atoms with E-state index in [1.807, 2.05) is 12.1 Å². The van der Waals surface area contributed by atoms with E-state index >= 15 is 0 Å². The van der Waals surface area contributed by atoms with Crippen LogP contribution < -0.4 is 10.6 Å². The third-order valence-corrected chi connectivity index (χ3v) is 6.78. The number of benzene rings is 1. The normalized spacial score (nSPS) is 21.2. The van der Waals surface area contributed by atoms with Crippen molar-refractivity contribution >= 4 is 29.3 Å². The number of carbonyl (C=O) groups excluding carboxylic acids is 3. The number of nitrogens with one attached hydrogen (secondary N) is 2. The van der Waals surface area contributed by atoms with Crippen molar-refractivity contribution in [2.75, 3.05) is 7.05 Å². The first-order valence-corrected chi connectivity index (χ1v) is 11.4. The van der Waals surface area contributed by atoms with Gasteiger partial charge in [0.25, 0.3) is 11.8 Å². The first kappa shape index (κ1) is 22.3. The highest BCUT2D eigenvalue weighted by molar-refractivity contribution is 6.30. The molecule has 1 fully saturated rings. The highest BCUT2D eigenvalue weighted by atomic mass is 35.5. The lowest BCUT2D eigenvalue weighted by Crippen LogP contribution is -2.63. The van der Waals surface area contributed by atoms with Crippen LogP contribution in [0.5, 0.6) is 0 Å². The topological polar surface area (TPSA) is 96.3 Å².